The Kier molecular flexibility index (Phi) is 9.40. The first-order valence-corrected chi connectivity index (χ1v) is 16.1. The van der Waals surface area contributed by atoms with Crippen molar-refractivity contribution in [3.05, 3.63) is 166 Å². The van der Waals surface area contributed by atoms with E-state index in [2.05, 4.69) is 16.0 Å². The van der Waals surface area contributed by atoms with Crippen LogP contribution in [0.2, 0.25) is 0 Å². The number of carbonyl (C=O) groups excluding carboxylic acids is 5. The number of nitrogens with one attached hydrogen (secondary N) is 3. The van der Waals surface area contributed by atoms with Gasteiger partial charge in [0, 0.05) is 32.8 Å². The van der Waals surface area contributed by atoms with Crippen LogP contribution in [0.25, 0.3) is 6.08 Å². The Labute approximate surface area is 281 Å². The van der Waals surface area contributed by atoms with E-state index >= 15 is 0 Å². The predicted molar refractivity (Wildman–Crippen MR) is 187 cm³/mol. The zero-order valence-corrected chi connectivity index (χ0v) is 26.6. The van der Waals surface area contributed by atoms with Crippen molar-refractivity contribution in [3.8, 4) is 0 Å². The summed E-state index contributed by atoms with van der Waals surface area (Å²) in [6, 6.07) is 34.6. The summed E-state index contributed by atoms with van der Waals surface area (Å²) in [7, 11) is 0. The molecule has 0 bridgehead atoms. The van der Waals surface area contributed by atoms with Crippen molar-refractivity contribution in [3.63, 3.8) is 0 Å². The number of thioether (sulfide) groups is 1. The first-order chi connectivity index (χ1) is 23.3. The maximum absolute atomic E-state index is 13.4. The van der Waals surface area contributed by atoms with E-state index in [1.54, 1.807) is 97.1 Å². The first-order valence-electron chi connectivity index (χ1n) is 15.1. The van der Waals surface area contributed by atoms with Crippen LogP contribution >= 0.6 is 11.8 Å². The standard InChI is InChI=1S/C39H29N3O5S/c1-24-10-5-6-13-26(24)22-33(42-38(46)25-11-3-2-4-12-25)39(47)40-27-18-20-28(21-19-27)48-23-34(43)41-32-17-9-16-31-35(32)37(45)30-15-8-7-14-29(30)36(31)44/h2-22H,23H2,1H3,(H,40,47)(H,41,43)(H,42,46)/b33-22-. The fourth-order valence-electron chi connectivity index (χ4n) is 5.26. The second kappa shape index (κ2) is 14.1. The lowest BCUT2D eigenvalue weighted by Gasteiger charge is -2.20. The van der Waals surface area contributed by atoms with Gasteiger partial charge in [0.2, 0.25) is 5.91 Å². The molecule has 0 atom stereocenters. The SMILES string of the molecule is Cc1ccccc1/C=C(\NC(=O)c1ccccc1)C(=O)Nc1ccc(SCC(=O)Nc2cccc3c2C(=O)c2ccccc2C3=O)cc1. The third kappa shape index (κ3) is 7.01. The molecule has 0 fully saturated rings. The van der Waals surface area contributed by atoms with Gasteiger partial charge < -0.3 is 16.0 Å². The molecule has 236 valence electrons. The quantitative estimate of drug-likeness (QED) is 0.115. The molecule has 5 aromatic carbocycles. The summed E-state index contributed by atoms with van der Waals surface area (Å²) in [5.41, 5.74) is 4.14. The summed E-state index contributed by atoms with van der Waals surface area (Å²) < 4.78 is 0. The molecule has 48 heavy (non-hydrogen) atoms. The van der Waals surface area contributed by atoms with Crippen LogP contribution in [0.15, 0.2) is 132 Å². The molecule has 0 saturated heterocycles. The zero-order chi connectivity index (χ0) is 33.6. The minimum Gasteiger partial charge on any atom is -0.325 e. The summed E-state index contributed by atoms with van der Waals surface area (Å²) in [4.78, 5) is 66.3. The number of carbonyl (C=O) groups is 5. The lowest BCUT2D eigenvalue weighted by molar-refractivity contribution is -0.114. The topological polar surface area (TPSA) is 121 Å². The van der Waals surface area contributed by atoms with Crippen molar-refractivity contribution in [2.24, 2.45) is 0 Å². The van der Waals surface area contributed by atoms with E-state index in [1.807, 2.05) is 37.3 Å². The predicted octanol–water partition coefficient (Wildman–Crippen LogP) is 6.91. The Morgan fingerprint density at radius 3 is 2.04 bits per heavy atom. The molecular formula is C39H29N3O5S. The molecule has 1 aliphatic rings. The number of rotatable bonds is 9. The van der Waals surface area contributed by atoms with E-state index in [9.17, 15) is 24.0 Å². The van der Waals surface area contributed by atoms with Gasteiger partial charge in [0.1, 0.15) is 5.70 Å². The minimum absolute atomic E-state index is 0.0446. The Morgan fingerprint density at radius 2 is 1.31 bits per heavy atom. The highest BCUT2D eigenvalue weighted by molar-refractivity contribution is 8.00. The van der Waals surface area contributed by atoms with Gasteiger partial charge in [0.15, 0.2) is 11.6 Å². The van der Waals surface area contributed by atoms with Gasteiger partial charge in [-0.25, -0.2) is 0 Å². The number of hydrogen-bond acceptors (Lipinski definition) is 6. The highest BCUT2D eigenvalue weighted by Crippen LogP contribution is 2.32. The van der Waals surface area contributed by atoms with Gasteiger partial charge in [0.05, 0.1) is 17.0 Å². The van der Waals surface area contributed by atoms with Crippen LogP contribution in [0, 0.1) is 6.92 Å². The van der Waals surface area contributed by atoms with Gasteiger partial charge in [-0.1, -0.05) is 78.9 Å². The van der Waals surface area contributed by atoms with Crippen LogP contribution < -0.4 is 16.0 Å². The second-order valence-electron chi connectivity index (χ2n) is 11.0. The first kappa shape index (κ1) is 31.9. The molecule has 5 aromatic rings. The van der Waals surface area contributed by atoms with Crippen molar-refractivity contribution >= 4 is 58.5 Å². The van der Waals surface area contributed by atoms with Gasteiger partial charge in [-0.3, -0.25) is 24.0 Å². The molecular weight excluding hydrogens is 623 g/mol. The molecule has 0 heterocycles. The third-order valence-corrected chi connectivity index (χ3v) is 8.74. The number of anilines is 2. The van der Waals surface area contributed by atoms with Crippen LogP contribution in [0.5, 0.6) is 0 Å². The highest BCUT2D eigenvalue weighted by atomic mass is 32.2. The highest BCUT2D eigenvalue weighted by Gasteiger charge is 2.31. The van der Waals surface area contributed by atoms with E-state index in [-0.39, 0.29) is 45.7 Å². The maximum atomic E-state index is 13.4. The smallest absolute Gasteiger partial charge is 0.272 e. The van der Waals surface area contributed by atoms with Crippen molar-refractivity contribution in [2.45, 2.75) is 11.8 Å². The number of ketones is 2. The molecule has 0 radical (unpaired) electrons. The Balaban J connectivity index is 1.10. The molecule has 0 saturated carbocycles. The number of amides is 3. The Hall–Kier alpha value is -6.06. The fraction of sp³-hybridized carbons (Fsp3) is 0.0513. The molecule has 0 aromatic heterocycles. The molecule has 0 spiro atoms. The fourth-order valence-corrected chi connectivity index (χ4v) is 5.96. The average Bonchev–Trinajstić information content (AvgIpc) is 3.11. The summed E-state index contributed by atoms with van der Waals surface area (Å²) in [5, 5.41) is 8.37. The van der Waals surface area contributed by atoms with Crippen molar-refractivity contribution in [2.75, 3.05) is 16.4 Å². The number of aryl methyl sites for hydroxylation is 1. The van der Waals surface area contributed by atoms with Gasteiger partial charge >= 0.3 is 0 Å². The third-order valence-electron chi connectivity index (χ3n) is 7.73. The summed E-state index contributed by atoms with van der Waals surface area (Å²) in [6.45, 7) is 1.92. The average molecular weight is 652 g/mol. The number of benzene rings is 5. The van der Waals surface area contributed by atoms with Crippen LogP contribution in [0.1, 0.15) is 53.3 Å². The second-order valence-corrected chi connectivity index (χ2v) is 12.0. The molecule has 3 N–H and O–H groups in total. The summed E-state index contributed by atoms with van der Waals surface area (Å²) in [6.07, 6.45) is 1.64. The number of fused-ring (bicyclic) bond motifs is 2. The van der Waals surface area contributed by atoms with Gasteiger partial charge in [-0.05, 0) is 66.6 Å². The van der Waals surface area contributed by atoms with Crippen LogP contribution in [0.3, 0.4) is 0 Å². The summed E-state index contributed by atoms with van der Waals surface area (Å²) in [5.74, 6) is -1.77. The molecule has 6 rings (SSSR count). The number of hydrogen-bond donors (Lipinski definition) is 3. The monoisotopic (exact) mass is 651 g/mol. The molecule has 0 unspecified atom stereocenters. The van der Waals surface area contributed by atoms with E-state index in [4.69, 9.17) is 0 Å². The van der Waals surface area contributed by atoms with E-state index in [1.165, 1.54) is 11.8 Å². The maximum Gasteiger partial charge on any atom is 0.272 e. The van der Waals surface area contributed by atoms with Gasteiger partial charge in [-0.15, -0.1) is 11.8 Å². The van der Waals surface area contributed by atoms with Crippen molar-refractivity contribution in [1.82, 2.24) is 5.32 Å². The van der Waals surface area contributed by atoms with Crippen LogP contribution in [-0.2, 0) is 9.59 Å². The zero-order valence-electron chi connectivity index (χ0n) is 25.8. The molecule has 8 nitrogen and oxygen atoms in total. The van der Waals surface area contributed by atoms with Crippen LogP contribution in [0.4, 0.5) is 11.4 Å². The van der Waals surface area contributed by atoms with E-state index in [0.29, 0.717) is 22.4 Å². The Morgan fingerprint density at radius 1 is 0.667 bits per heavy atom. The molecule has 9 heteroatoms. The summed E-state index contributed by atoms with van der Waals surface area (Å²) >= 11 is 1.27. The lowest BCUT2D eigenvalue weighted by Crippen LogP contribution is -2.30. The molecule has 1 aliphatic carbocycles. The minimum atomic E-state index is -0.496. The van der Waals surface area contributed by atoms with Gasteiger partial charge in [-0.2, -0.15) is 0 Å². The van der Waals surface area contributed by atoms with Gasteiger partial charge in [0.25, 0.3) is 11.8 Å². The van der Waals surface area contributed by atoms with E-state index < -0.39 is 11.8 Å². The van der Waals surface area contributed by atoms with Crippen LogP contribution in [-0.4, -0.2) is 35.0 Å². The van der Waals surface area contributed by atoms with Crippen molar-refractivity contribution < 1.29 is 24.0 Å². The van der Waals surface area contributed by atoms with Crippen molar-refractivity contribution in [1.29, 1.82) is 0 Å². The lowest BCUT2D eigenvalue weighted by atomic mass is 9.83. The normalized spacial score (nSPS) is 12.1. The Bertz CT molecular complexity index is 2110. The molecule has 0 aliphatic heterocycles. The van der Waals surface area contributed by atoms with E-state index in [0.717, 1.165) is 16.0 Å². The largest absolute Gasteiger partial charge is 0.325 e. The molecule has 3 amide bonds.